The first-order valence-electron chi connectivity index (χ1n) is 10.4. The maximum absolute atomic E-state index is 12.3. The van der Waals surface area contributed by atoms with Gasteiger partial charge in [0, 0.05) is 5.56 Å². The average molecular weight is 481 g/mol. The molecule has 9 heteroatoms. The van der Waals surface area contributed by atoms with Crippen LogP contribution in [-0.4, -0.2) is 45.8 Å². The first-order chi connectivity index (χ1) is 16.2. The number of benzene rings is 3. The van der Waals surface area contributed by atoms with Gasteiger partial charge >= 0.3 is 5.97 Å². The highest BCUT2D eigenvalue weighted by Crippen LogP contribution is 2.19. The van der Waals surface area contributed by atoms with Gasteiger partial charge in [-0.2, -0.15) is 0 Å². The Balaban J connectivity index is 1.40. The van der Waals surface area contributed by atoms with Crippen molar-refractivity contribution in [1.82, 2.24) is 10.0 Å². The van der Waals surface area contributed by atoms with Crippen LogP contribution in [0.4, 0.5) is 0 Å². The SMILES string of the molecule is Cc1ccc(S(=O)(=O)NCC(=O)NCC(=O)OCC(=O)c2ccc(-c3ccccc3)cc2)cc1. The van der Waals surface area contributed by atoms with E-state index in [9.17, 15) is 22.8 Å². The number of sulfonamides is 1. The molecular weight excluding hydrogens is 456 g/mol. The van der Waals surface area contributed by atoms with E-state index < -0.39 is 41.6 Å². The highest BCUT2D eigenvalue weighted by atomic mass is 32.2. The average Bonchev–Trinajstić information content (AvgIpc) is 2.85. The molecule has 0 spiro atoms. The molecule has 0 aliphatic heterocycles. The van der Waals surface area contributed by atoms with Crippen LogP contribution in [0.15, 0.2) is 83.8 Å². The minimum atomic E-state index is -3.86. The van der Waals surface area contributed by atoms with E-state index in [1.54, 1.807) is 24.3 Å². The Morgan fingerprint density at radius 2 is 1.41 bits per heavy atom. The van der Waals surface area contributed by atoms with E-state index in [2.05, 4.69) is 10.0 Å². The summed E-state index contributed by atoms with van der Waals surface area (Å²) < 4.78 is 31.4. The van der Waals surface area contributed by atoms with Gasteiger partial charge in [-0.1, -0.05) is 72.3 Å². The van der Waals surface area contributed by atoms with Gasteiger partial charge < -0.3 is 10.1 Å². The van der Waals surface area contributed by atoms with Crippen molar-refractivity contribution < 1.29 is 27.5 Å². The van der Waals surface area contributed by atoms with Crippen molar-refractivity contribution in [2.24, 2.45) is 0 Å². The molecule has 0 aromatic heterocycles. The monoisotopic (exact) mass is 480 g/mol. The van der Waals surface area contributed by atoms with Crippen molar-refractivity contribution in [3.05, 3.63) is 90.0 Å². The van der Waals surface area contributed by atoms with Crippen LogP contribution >= 0.6 is 0 Å². The highest BCUT2D eigenvalue weighted by Gasteiger charge is 2.16. The third-order valence-corrected chi connectivity index (χ3v) is 6.28. The molecule has 0 fully saturated rings. The standard InChI is InChI=1S/C25H24N2O6S/c1-18-7-13-22(14-8-18)34(31,32)27-15-24(29)26-16-25(30)33-17-23(28)21-11-9-20(10-12-21)19-5-3-2-4-6-19/h2-14,27H,15-17H2,1H3,(H,26,29). The Hall–Kier alpha value is -3.82. The summed E-state index contributed by atoms with van der Waals surface area (Å²) in [6.45, 7) is 0.312. The van der Waals surface area contributed by atoms with E-state index in [1.807, 2.05) is 49.4 Å². The molecular formula is C25H24N2O6S. The summed E-state index contributed by atoms with van der Waals surface area (Å²) in [6.07, 6.45) is 0. The van der Waals surface area contributed by atoms with Crippen molar-refractivity contribution in [3.8, 4) is 11.1 Å². The highest BCUT2D eigenvalue weighted by molar-refractivity contribution is 7.89. The van der Waals surface area contributed by atoms with Crippen LogP contribution in [0.3, 0.4) is 0 Å². The minimum Gasteiger partial charge on any atom is -0.456 e. The molecule has 2 N–H and O–H groups in total. The first kappa shape index (κ1) is 24.8. The van der Waals surface area contributed by atoms with E-state index in [1.165, 1.54) is 12.1 Å². The number of nitrogens with one attached hydrogen (secondary N) is 2. The van der Waals surface area contributed by atoms with E-state index >= 15 is 0 Å². The number of rotatable bonds is 10. The van der Waals surface area contributed by atoms with Crippen LogP contribution in [0.25, 0.3) is 11.1 Å². The quantitative estimate of drug-likeness (QED) is 0.340. The van der Waals surface area contributed by atoms with Crippen molar-refractivity contribution >= 4 is 27.7 Å². The van der Waals surface area contributed by atoms with Gasteiger partial charge in [-0.3, -0.25) is 14.4 Å². The number of hydrogen-bond acceptors (Lipinski definition) is 6. The number of ketones is 1. The Morgan fingerprint density at radius 1 is 0.794 bits per heavy atom. The van der Waals surface area contributed by atoms with Crippen molar-refractivity contribution in [1.29, 1.82) is 0 Å². The van der Waals surface area contributed by atoms with Gasteiger partial charge in [0.15, 0.2) is 12.4 Å². The van der Waals surface area contributed by atoms with Gasteiger partial charge in [0.2, 0.25) is 15.9 Å². The number of esters is 1. The lowest BCUT2D eigenvalue weighted by Gasteiger charge is -2.09. The molecule has 0 saturated carbocycles. The number of amides is 1. The summed E-state index contributed by atoms with van der Waals surface area (Å²) in [4.78, 5) is 36.0. The van der Waals surface area contributed by atoms with E-state index in [0.717, 1.165) is 16.7 Å². The maximum Gasteiger partial charge on any atom is 0.325 e. The largest absolute Gasteiger partial charge is 0.456 e. The summed E-state index contributed by atoms with van der Waals surface area (Å²) in [6, 6.07) is 22.7. The molecule has 0 aliphatic rings. The molecule has 0 atom stereocenters. The van der Waals surface area contributed by atoms with Gasteiger partial charge in [-0.15, -0.1) is 0 Å². The second kappa shape index (κ2) is 11.4. The van der Waals surface area contributed by atoms with E-state index in [0.29, 0.717) is 5.56 Å². The number of aryl methyl sites for hydroxylation is 1. The van der Waals surface area contributed by atoms with Crippen LogP contribution in [0, 0.1) is 6.92 Å². The topological polar surface area (TPSA) is 119 Å². The lowest BCUT2D eigenvalue weighted by molar-refractivity contribution is -0.142. The second-order valence-corrected chi connectivity index (χ2v) is 9.21. The minimum absolute atomic E-state index is 0.0284. The molecule has 3 aromatic rings. The zero-order valence-electron chi connectivity index (χ0n) is 18.5. The zero-order valence-corrected chi connectivity index (χ0v) is 19.3. The van der Waals surface area contributed by atoms with Gasteiger partial charge in [0.1, 0.15) is 6.54 Å². The smallest absolute Gasteiger partial charge is 0.325 e. The molecule has 0 aliphatic carbocycles. The molecule has 8 nitrogen and oxygen atoms in total. The van der Waals surface area contributed by atoms with Crippen molar-refractivity contribution in [2.75, 3.05) is 19.7 Å². The lowest BCUT2D eigenvalue weighted by Crippen LogP contribution is -2.39. The summed E-state index contributed by atoms with van der Waals surface area (Å²) in [5.41, 5.74) is 3.26. The number of carbonyl (C=O) groups excluding carboxylic acids is 3. The van der Waals surface area contributed by atoms with Crippen LogP contribution in [0.2, 0.25) is 0 Å². The second-order valence-electron chi connectivity index (χ2n) is 7.44. The third-order valence-electron chi connectivity index (χ3n) is 4.86. The van der Waals surface area contributed by atoms with Crippen LogP contribution < -0.4 is 10.0 Å². The Labute approximate surface area is 198 Å². The van der Waals surface area contributed by atoms with E-state index in [-0.39, 0.29) is 10.7 Å². The molecule has 1 amide bonds. The van der Waals surface area contributed by atoms with Gasteiger partial charge in [-0.25, -0.2) is 13.1 Å². The van der Waals surface area contributed by atoms with Crippen LogP contribution in [0.5, 0.6) is 0 Å². The summed E-state index contributed by atoms with van der Waals surface area (Å²) >= 11 is 0. The molecule has 0 saturated heterocycles. The number of carbonyl (C=O) groups is 3. The third kappa shape index (κ3) is 7.09. The lowest BCUT2D eigenvalue weighted by atomic mass is 10.0. The Kier molecular flexibility index (Phi) is 8.29. The fourth-order valence-electron chi connectivity index (χ4n) is 2.95. The van der Waals surface area contributed by atoms with E-state index in [4.69, 9.17) is 4.74 Å². The number of hydrogen-bond donors (Lipinski definition) is 2. The number of Topliss-reactive ketones (excluding diaryl/α,β-unsaturated/α-hetero) is 1. The molecule has 0 unspecified atom stereocenters. The summed E-state index contributed by atoms with van der Waals surface area (Å²) in [5, 5.41) is 2.25. The molecule has 3 aromatic carbocycles. The van der Waals surface area contributed by atoms with Crippen LogP contribution in [0.1, 0.15) is 15.9 Å². The molecule has 34 heavy (non-hydrogen) atoms. The number of ether oxygens (including phenoxy) is 1. The summed E-state index contributed by atoms with van der Waals surface area (Å²) in [5.74, 6) is -1.91. The Morgan fingerprint density at radius 3 is 2.06 bits per heavy atom. The normalized spacial score (nSPS) is 11.0. The fraction of sp³-hybridized carbons (Fsp3) is 0.160. The molecule has 176 valence electrons. The summed E-state index contributed by atoms with van der Waals surface area (Å²) in [7, 11) is -3.86. The predicted molar refractivity (Wildman–Crippen MR) is 127 cm³/mol. The predicted octanol–water partition coefficient (Wildman–Crippen LogP) is 2.48. The van der Waals surface area contributed by atoms with Crippen molar-refractivity contribution in [2.45, 2.75) is 11.8 Å². The van der Waals surface area contributed by atoms with Gasteiger partial charge in [-0.05, 0) is 30.2 Å². The first-order valence-corrected chi connectivity index (χ1v) is 11.9. The fourth-order valence-corrected chi connectivity index (χ4v) is 3.94. The zero-order chi connectivity index (χ0) is 24.6. The molecule has 0 bridgehead atoms. The molecule has 3 rings (SSSR count). The maximum atomic E-state index is 12.3. The van der Waals surface area contributed by atoms with Gasteiger partial charge in [0.25, 0.3) is 0 Å². The molecule has 0 radical (unpaired) electrons. The molecule has 0 heterocycles. The van der Waals surface area contributed by atoms with Gasteiger partial charge in [0.05, 0.1) is 11.4 Å². The Bertz CT molecular complexity index is 1260. The van der Waals surface area contributed by atoms with Crippen molar-refractivity contribution in [3.63, 3.8) is 0 Å². The van der Waals surface area contributed by atoms with Crippen LogP contribution in [-0.2, 0) is 24.3 Å².